The second-order valence-electron chi connectivity index (χ2n) is 9.61. The number of fused-ring (bicyclic) bond motifs is 1. The molecule has 1 aliphatic carbocycles. The monoisotopic (exact) mass is 473 g/mol. The first-order valence-corrected chi connectivity index (χ1v) is 12.5. The van der Waals surface area contributed by atoms with Crippen LogP contribution in [0.4, 0.5) is 0 Å². The van der Waals surface area contributed by atoms with Crippen molar-refractivity contribution in [3.63, 3.8) is 0 Å². The first-order chi connectivity index (χ1) is 17.1. The van der Waals surface area contributed by atoms with Gasteiger partial charge in [0.2, 0.25) is 17.6 Å². The van der Waals surface area contributed by atoms with Gasteiger partial charge >= 0.3 is 0 Å². The van der Waals surface area contributed by atoms with Crippen LogP contribution < -0.4 is 5.32 Å². The number of amides is 2. The quantitative estimate of drug-likeness (QED) is 0.614. The molecular weight excluding hydrogens is 442 g/mol. The predicted molar refractivity (Wildman–Crippen MR) is 130 cm³/mol. The number of rotatable bonds is 3. The van der Waals surface area contributed by atoms with Crippen molar-refractivity contribution in [1.29, 1.82) is 0 Å². The number of nitrogens with zero attached hydrogens (tertiary/aromatic N) is 4. The molecule has 1 aliphatic heterocycles. The van der Waals surface area contributed by atoms with E-state index in [1.54, 1.807) is 12.4 Å². The Morgan fingerprint density at radius 2 is 2.00 bits per heavy atom. The number of carbonyl (C=O) groups is 2. The zero-order chi connectivity index (χ0) is 24.2. The van der Waals surface area contributed by atoms with E-state index in [1.807, 2.05) is 48.2 Å². The third-order valence-electron chi connectivity index (χ3n) is 7.13. The van der Waals surface area contributed by atoms with Crippen LogP contribution in [0.25, 0.3) is 11.4 Å². The predicted octanol–water partition coefficient (Wildman–Crippen LogP) is 4.13. The van der Waals surface area contributed by atoms with Crippen LogP contribution in [0.1, 0.15) is 66.3 Å². The molecule has 3 heterocycles. The van der Waals surface area contributed by atoms with Crippen LogP contribution in [0.15, 0.2) is 53.3 Å². The van der Waals surface area contributed by atoms with Crippen LogP contribution in [0.2, 0.25) is 0 Å². The largest absolute Gasteiger partial charge is 0.356 e. The molecule has 182 valence electrons. The van der Waals surface area contributed by atoms with E-state index in [4.69, 9.17) is 4.52 Å². The minimum absolute atomic E-state index is 0.00782. The minimum Gasteiger partial charge on any atom is -0.356 e. The summed E-state index contributed by atoms with van der Waals surface area (Å²) in [5.41, 5.74) is 2.49. The molecule has 1 aromatic carbocycles. The van der Waals surface area contributed by atoms with Crippen molar-refractivity contribution in [3.8, 4) is 11.4 Å². The molecule has 3 aromatic rings. The maximum absolute atomic E-state index is 13.7. The van der Waals surface area contributed by atoms with E-state index < -0.39 is 0 Å². The Hall–Kier alpha value is -3.55. The summed E-state index contributed by atoms with van der Waals surface area (Å²) < 4.78 is 5.65. The van der Waals surface area contributed by atoms with Gasteiger partial charge in [0, 0.05) is 48.6 Å². The smallest absolute Gasteiger partial charge is 0.254 e. The topological polar surface area (TPSA) is 101 Å². The lowest BCUT2D eigenvalue weighted by Gasteiger charge is -2.32. The number of aryl methyl sites for hydroxylation is 1. The number of aromatic nitrogens is 3. The highest BCUT2D eigenvalue weighted by atomic mass is 16.5. The van der Waals surface area contributed by atoms with E-state index in [0.29, 0.717) is 43.2 Å². The van der Waals surface area contributed by atoms with Gasteiger partial charge in [0.25, 0.3) is 5.91 Å². The Labute approximate surface area is 205 Å². The summed E-state index contributed by atoms with van der Waals surface area (Å²) >= 11 is 0. The lowest BCUT2D eigenvalue weighted by Crippen LogP contribution is -2.47. The number of hydrogen-bond acceptors (Lipinski definition) is 6. The summed E-state index contributed by atoms with van der Waals surface area (Å²) in [6.07, 6.45) is 8.54. The van der Waals surface area contributed by atoms with Crippen molar-refractivity contribution in [2.45, 2.75) is 57.4 Å². The average Bonchev–Trinajstić information content (AvgIpc) is 3.53. The number of carbonyl (C=O) groups excluding carboxylic acids is 2. The number of hydrogen-bond donors (Lipinski definition) is 1. The van der Waals surface area contributed by atoms with Crippen molar-refractivity contribution >= 4 is 11.8 Å². The maximum atomic E-state index is 13.7. The Morgan fingerprint density at radius 1 is 1.11 bits per heavy atom. The van der Waals surface area contributed by atoms with Crippen molar-refractivity contribution in [2.75, 3.05) is 13.1 Å². The van der Waals surface area contributed by atoms with Gasteiger partial charge in [-0.15, -0.1) is 0 Å². The second kappa shape index (κ2) is 10.4. The van der Waals surface area contributed by atoms with E-state index in [1.165, 1.54) is 0 Å². The van der Waals surface area contributed by atoms with E-state index >= 15 is 0 Å². The minimum atomic E-state index is -0.319. The summed E-state index contributed by atoms with van der Waals surface area (Å²) in [5.74, 6) is 0.579. The standard InChI is InChI=1S/C27H31N5O3/c1-18-8-6-9-19(14-18)27(34)32-13-5-3-2-4-12-29-25(33)22-15-21(16-23(22)32)26-30-24(31-35-26)20-10-7-11-28-17-20/h6-11,14,17,21-23H,2-5,12-13,15-16H2,1H3,(H,29,33)/t21-,22-,23+/m1/s1. The Bertz CT molecular complexity index is 1180. The fraction of sp³-hybridized carbons (Fsp3) is 0.444. The van der Waals surface area contributed by atoms with E-state index in [9.17, 15) is 9.59 Å². The third-order valence-corrected chi connectivity index (χ3v) is 7.13. The molecule has 0 spiro atoms. The van der Waals surface area contributed by atoms with Crippen molar-refractivity contribution in [1.82, 2.24) is 25.3 Å². The zero-order valence-corrected chi connectivity index (χ0v) is 20.0. The van der Waals surface area contributed by atoms with Crippen molar-refractivity contribution < 1.29 is 14.1 Å². The molecule has 2 aliphatic rings. The molecule has 2 aromatic heterocycles. The molecule has 0 bridgehead atoms. The second-order valence-corrected chi connectivity index (χ2v) is 9.61. The highest BCUT2D eigenvalue weighted by molar-refractivity contribution is 5.95. The van der Waals surface area contributed by atoms with Gasteiger partial charge in [-0.2, -0.15) is 4.98 Å². The van der Waals surface area contributed by atoms with Crippen molar-refractivity contribution in [2.24, 2.45) is 5.92 Å². The average molecular weight is 474 g/mol. The van der Waals surface area contributed by atoms with Crippen LogP contribution in [-0.2, 0) is 4.79 Å². The lowest BCUT2D eigenvalue weighted by molar-refractivity contribution is -0.126. The van der Waals surface area contributed by atoms with Crippen LogP contribution in [0.5, 0.6) is 0 Å². The number of nitrogens with one attached hydrogen (secondary N) is 1. The number of benzene rings is 1. The van der Waals surface area contributed by atoms with Gasteiger partial charge in [-0.05, 0) is 56.9 Å². The van der Waals surface area contributed by atoms with Crippen molar-refractivity contribution in [3.05, 3.63) is 65.8 Å². The van der Waals surface area contributed by atoms with Crippen LogP contribution >= 0.6 is 0 Å². The molecule has 1 N–H and O–H groups in total. The first kappa shape index (κ1) is 23.2. The molecule has 5 rings (SSSR count). The summed E-state index contributed by atoms with van der Waals surface area (Å²) in [7, 11) is 0. The molecule has 1 saturated carbocycles. The summed E-state index contributed by atoms with van der Waals surface area (Å²) in [5, 5.41) is 7.26. The van der Waals surface area contributed by atoms with Crippen LogP contribution in [0, 0.1) is 12.8 Å². The van der Waals surface area contributed by atoms with Gasteiger partial charge in [0.05, 0.1) is 5.92 Å². The van der Waals surface area contributed by atoms with E-state index in [-0.39, 0.29) is 29.7 Å². The highest BCUT2D eigenvalue weighted by Gasteiger charge is 2.45. The molecule has 8 nitrogen and oxygen atoms in total. The van der Waals surface area contributed by atoms with Gasteiger partial charge in [-0.1, -0.05) is 35.7 Å². The maximum Gasteiger partial charge on any atom is 0.254 e. The fourth-order valence-electron chi connectivity index (χ4n) is 5.32. The molecule has 2 fully saturated rings. The van der Waals surface area contributed by atoms with Gasteiger partial charge in [0.15, 0.2) is 0 Å². The van der Waals surface area contributed by atoms with Gasteiger partial charge < -0.3 is 14.7 Å². The van der Waals surface area contributed by atoms with Gasteiger partial charge in [-0.3, -0.25) is 14.6 Å². The molecular formula is C27H31N5O3. The third kappa shape index (κ3) is 5.11. The molecule has 0 radical (unpaired) electrons. The highest BCUT2D eigenvalue weighted by Crippen LogP contribution is 2.42. The Kier molecular flexibility index (Phi) is 6.88. The Morgan fingerprint density at radius 3 is 2.83 bits per heavy atom. The van der Waals surface area contributed by atoms with Gasteiger partial charge in [0.1, 0.15) is 0 Å². The summed E-state index contributed by atoms with van der Waals surface area (Å²) in [6.45, 7) is 3.30. The molecule has 2 amide bonds. The lowest BCUT2D eigenvalue weighted by atomic mass is 9.99. The normalized spacial score (nSPS) is 23.3. The molecule has 35 heavy (non-hydrogen) atoms. The van der Waals surface area contributed by atoms with Crippen LogP contribution in [0.3, 0.4) is 0 Å². The Balaban J connectivity index is 1.44. The molecule has 8 heteroatoms. The van der Waals surface area contributed by atoms with E-state index in [0.717, 1.165) is 36.8 Å². The SMILES string of the molecule is Cc1cccc(C(=O)N2CCCCCCNC(=O)[C@@H]3C[C@@H](c4nc(-c5cccnc5)no4)C[C@@H]32)c1. The van der Waals surface area contributed by atoms with Gasteiger partial charge in [-0.25, -0.2) is 0 Å². The summed E-state index contributed by atoms with van der Waals surface area (Å²) in [4.78, 5) is 37.7. The van der Waals surface area contributed by atoms with E-state index in [2.05, 4.69) is 20.4 Å². The van der Waals surface area contributed by atoms with Crippen LogP contribution in [-0.4, -0.2) is 51.0 Å². The summed E-state index contributed by atoms with van der Waals surface area (Å²) in [6, 6.07) is 11.2. The molecule has 3 atom stereocenters. The number of pyridine rings is 1. The zero-order valence-electron chi connectivity index (χ0n) is 20.0. The molecule has 1 saturated heterocycles. The molecule has 0 unspecified atom stereocenters. The fourth-order valence-corrected chi connectivity index (χ4v) is 5.32. The first-order valence-electron chi connectivity index (χ1n) is 12.5.